The van der Waals surface area contributed by atoms with E-state index in [1.807, 2.05) is 36.4 Å². The molecule has 4 nitrogen and oxygen atoms in total. The number of hydrogen-bond acceptors (Lipinski definition) is 2. The Labute approximate surface area is 160 Å². The van der Waals surface area contributed by atoms with E-state index in [1.165, 1.54) is 8.52 Å². The molecule has 0 saturated heterocycles. The summed E-state index contributed by atoms with van der Waals surface area (Å²) in [6.45, 7) is 14.4. The van der Waals surface area contributed by atoms with E-state index in [2.05, 4.69) is 21.8 Å². The van der Waals surface area contributed by atoms with Gasteiger partial charge in [0.25, 0.3) is 0 Å². The maximum absolute atomic E-state index is 9.14. The third kappa shape index (κ3) is 2.39. The molecule has 0 bridgehead atoms. The molecule has 26 heavy (non-hydrogen) atoms. The molecule has 2 heterocycles. The molecule has 0 radical (unpaired) electrons. The molecular weight excluding hydrogens is 454 g/mol. The molecule has 0 atom stereocenters. The fourth-order valence-electron chi connectivity index (χ4n) is 2.90. The molecule has 0 amide bonds. The third-order valence-electron chi connectivity index (χ3n) is 4.06. The van der Waals surface area contributed by atoms with Gasteiger partial charge in [-0.2, -0.15) is 0 Å². The first kappa shape index (κ1) is 16.4. The molecule has 4 rings (SSSR count). The first-order valence-electron chi connectivity index (χ1n) is 7.38. The van der Waals surface area contributed by atoms with Gasteiger partial charge in [0.1, 0.15) is 0 Å². The molecule has 0 saturated carbocycles. The van der Waals surface area contributed by atoms with E-state index < -0.39 is 0 Å². The van der Waals surface area contributed by atoms with Gasteiger partial charge in [-0.15, -0.1) is 0 Å². The molecule has 0 unspecified atom stereocenters. The average molecular weight is 460 g/mol. The summed E-state index contributed by atoms with van der Waals surface area (Å²) in [5.41, 5.74) is 0.192. The van der Waals surface area contributed by atoms with E-state index in [4.69, 9.17) is 23.7 Å². The summed E-state index contributed by atoms with van der Waals surface area (Å²) in [6, 6.07) is 16.1. The van der Waals surface area contributed by atoms with Gasteiger partial charge in [0.05, 0.1) is 0 Å². The molecular formula is C20H6N4Se2. The Morgan fingerprint density at radius 1 is 0.808 bits per heavy atom. The summed E-state index contributed by atoms with van der Waals surface area (Å²) in [4.78, 5) is 6.70. The monoisotopic (exact) mass is 462 g/mol. The van der Waals surface area contributed by atoms with E-state index in [9.17, 15) is 0 Å². The van der Waals surface area contributed by atoms with Crippen molar-refractivity contribution in [2.45, 2.75) is 0 Å². The van der Waals surface area contributed by atoms with Crippen LogP contribution in [0, 0.1) is 35.8 Å². The standard InChI is InChI=1S/C20H6N4Se2/c1-23-20(24-2)17-8-12-4-6-14-15(19(12)26-17)5-3-11-7-16(25-18(11)14)13(9-21)10-22/h3-8H. The van der Waals surface area contributed by atoms with Crippen LogP contribution in [0.4, 0.5) is 0 Å². The predicted molar refractivity (Wildman–Crippen MR) is 103 cm³/mol. The molecule has 6 heteroatoms. The zero-order valence-corrected chi connectivity index (χ0v) is 16.5. The van der Waals surface area contributed by atoms with Crippen LogP contribution in [0.3, 0.4) is 0 Å². The second-order valence-corrected chi connectivity index (χ2v) is 9.85. The summed E-state index contributed by atoms with van der Waals surface area (Å²) in [5.74, 6) is 0.158. The van der Waals surface area contributed by atoms with Gasteiger partial charge in [0.15, 0.2) is 0 Å². The van der Waals surface area contributed by atoms with Gasteiger partial charge >= 0.3 is 161 Å². The molecule has 118 valence electrons. The van der Waals surface area contributed by atoms with Gasteiger partial charge in [-0.05, 0) is 0 Å². The Balaban J connectivity index is 2.17. The molecule has 2 aromatic carbocycles. The summed E-state index contributed by atoms with van der Waals surface area (Å²) >= 11 is -0.137. The fraction of sp³-hybridized carbons (Fsp3) is 0. The molecule has 2 aromatic heterocycles. The predicted octanol–water partition coefficient (Wildman–Crippen LogP) is 2.36. The van der Waals surface area contributed by atoms with Gasteiger partial charge in [-0.25, -0.2) is 0 Å². The SMILES string of the molecule is [C-]#[N+]C([N+]#[C-])=c1cc2ccc3c(ccc4cc(=C(C#N)C#N)[se]c43)c2[se]1. The molecule has 0 fully saturated rings. The van der Waals surface area contributed by atoms with Crippen molar-refractivity contribution in [2.75, 3.05) is 0 Å². The second-order valence-electron chi connectivity index (χ2n) is 5.43. The number of nitrogens with zero attached hydrogens (tertiary/aromatic N) is 4. The van der Waals surface area contributed by atoms with Crippen LogP contribution in [0.2, 0.25) is 0 Å². The first-order valence-corrected chi connectivity index (χ1v) is 10.8. The number of nitriles is 2. The van der Waals surface area contributed by atoms with Crippen LogP contribution < -0.4 is 8.19 Å². The third-order valence-corrected chi connectivity index (χ3v) is 9.06. The van der Waals surface area contributed by atoms with Crippen molar-refractivity contribution in [3.63, 3.8) is 0 Å². The van der Waals surface area contributed by atoms with Gasteiger partial charge in [-0.3, -0.25) is 0 Å². The molecule has 0 aliphatic carbocycles. The summed E-state index contributed by atoms with van der Waals surface area (Å²) < 4.78 is 4.05. The van der Waals surface area contributed by atoms with Crippen molar-refractivity contribution < 1.29 is 0 Å². The topological polar surface area (TPSA) is 56.3 Å². The van der Waals surface area contributed by atoms with Crippen LogP contribution in [0.25, 0.3) is 51.1 Å². The van der Waals surface area contributed by atoms with Crippen molar-refractivity contribution >= 4 is 70.5 Å². The molecule has 0 aliphatic heterocycles. The summed E-state index contributed by atoms with van der Waals surface area (Å²) in [7, 11) is 0. The van der Waals surface area contributed by atoms with Crippen molar-refractivity contribution in [1.29, 1.82) is 10.5 Å². The van der Waals surface area contributed by atoms with Gasteiger partial charge < -0.3 is 0 Å². The van der Waals surface area contributed by atoms with E-state index in [0.29, 0.717) is 0 Å². The molecule has 4 aromatic rings. The second kappa shape index (κ2) is 6.33. The average Bonchev–Trinajstić information content (AvgIpc) is 3.27. The number of rotatable bonds is 0. The number of fused-ring (bicyclic) bond motifs is 5. The maximum atomic E-state index is 9.14. The van der Waals surface area contributed by atoms with Crippen LogP contribution >= 0.6 is 0 Å². The van der Waals surface area contributed by atoms with Gasteiger partial charge in [-0.1, -0.05) is 0 Å². The quantitative estimate of drug-likeness (QED) is 0.299. The van der Waals surface area contributed by atoms with E-state index in [1.54, 1.807) is 0 Å². The summed E-state index contributed by atoms with van der Waals surface area (Å²) in [5, 5.41) is 22.7. The van der Waals surface area contributed by atoms with Crippen molar-refractivity contribution in [3.8, 4) is 12.1 Å². The van der Waals surface area contributed by atoms with Crippen LogP contribution in [0.1, 0.15) is 0 Å². The zero-order chi connectivity index (χ0) is 18.3. The van der Waals surface area contributed by atoms with E-state index in [0.717, 1.165) is 29.7 Å². The Morgan fingerprint density at radius 3 is 1.81 bits per heavy atom. The van der Waals surface area contributed by atoms with Crippen molar-refractivity contribution in [1.82, 2.24) is 0 Å². The zero-order valence-electron chi connectivity index (χ0n) is 13.1. The number of hydrogen-bond donors (Lipinski definition) is 0. The molecule has 0 N–H and O–H groups in total. The van der Waals surface area contributed by atoms with Crippen molar-refractivity contribution in [2.24, 2.45) is 0 Å². The molecule has 0 aliphatic rings. The Hall–Kier alpha value is -3.08. The summed E-state index contributed by atoms with van der Waals surface area (Å²) in [6.07, 6.45) is 0. The number of benzene rings is 2. The minimum absolute atomic E-state index is 0.0635. The molecule has 0 spiro atoms. The fourth-order valence-corrected chi connectivity index (χ4v) is 7.63. The Morgan fingerprint density at radius 2 is 1.31 bits per heavy atom. The van der Waals surface area contributed by atoms with Crippen molar-refractivity contribution in [3.05, 3.63) is 67.4 Å². The van der Waals surface area contributed by atoms with Crippen LogP contribution in [-0.4, -0.2) is 29.0 Å². The van der Waals surface area contributed by atoms with E-state index >= 15 is 0 Å². The normalized spacial score (nSPS) is 10.2. The first-order chi connectivity index (χ1) is 12.7. The van der Waals surface area contributed by atoms with Crippen LogP contribution in [-0.2, 0) is 0 Å². The van der Waals surface area contributed by atoms with E-state index in [-0.39, 0.29) is 40.4 Å². The van der Waals surface area contributed by atoms with Gasteiger partial charge in [0, 0.05) is 0 Å². The Bertz CT molecular complexity index is 1370. The Kier molecular flexibility index (Phi) is 3.99. The minimum atomic E-state index is -0.0734. The van der Waals surface area contributed by atoms with Crippen LogP contribution in [0.5, 0.6) is 0 Å². The van der Waals surface area contributed by atoms with Gasteiger partial charge in [0.2, 0.25) is 0 Å². The van der Waals surface area contributed by atoms with Crippen LogP contribution in [0.15, 0.2) is 36.4 Å².